The van der Waals surface area contributed by atoms with Crippen LogP contribution in [-0.4, -0.2) is 42.7 Å². The lowest BCUT2D eigenvalue weighted by molar-refractivity contribution is -0.962. The Balaban J connectivity index is 2.00. The van der Waals surface area contributed by atoms with Crippen molar-refractivity contribution in [1.29, 1.82) is 0 Å². The van der Waals surface area contributed by atoms with Gasteiger partial charge in [-0.1, -0.05) is 6.58 Å². The van der Waals surface area contributed by atoms with Crippen molar-refractivity contribution in [2.75, 3.05) is 26.2 Å². The Morgan fingerprint density at radius 2 is 2.00 bits per heavy atom. The van der Waals surface area contributed by atoms with E-state index in [4.69, 9.17) is 4.74 Å². The summed E-state index contributed by atoms with van der Waals surface area (Å²) in [6, 6.07) is 0.713. The number of nitrogens with zero attached hydrogens (tertiary/aromatic N) is 1. The van der Waals surface area contributed by atoms with E-state index in [0.717, 1.165) is 0 Å². The van der Waals surface area contributed by atoms with E-state index >= 15 is 0 Å². The zero-order valence-electron chi connectivity index (χ0n) is 12.5. The van der Waals surface area contributed by atoms with E-state index in [1.54, 1.807) is 6.92 Å². The molecule has 0 aromatic carbocycles. The van der Waals surface area contributed by atoms with Crippen molar-refractivity contribution in [2.45, 2.75) is 52.0 Å². The molecule has 3 heteroatoms. The summed E-state index contributed by atoms with van der Waals surface area (Å²) in [6.07, 6.45) is 6.51. The molecule has 0 aromatic rings. The van der Waals surface area contributed by atoms with Crippen LogP contribution in [0.1, 0.15) is 46.0 Å². The highest BCUT2D eigenvalue weighted by molar-refractivity contribution is 5.86. The maximum atomic E-state index is 11.6. The van der Waals surface area contributed by atoms with Gasteiger partial charge in [0.2, 0.25) is 0 Å². The molecule has 2 aliphatic heterocycles. The van der Waals surface area contributed by atoms with E-state index in [-0.39, 0.29) is 5.97 Å². The molecule has 2 saturated heterocycles. The minimum Gasteiger partial charge on any atom is -0.462 e. The second-order valence-electron chi connectivity index (χ2n) is 6.33. The maximum absolute atomic E-state index is 11.6. The van der Waals surface area contributed by atoms with Crippen LogP contribution >= 0.6 is 0 Å². The lowest BCUT2D eigenvalue weighted by Crippen LogP contribution is -2.63. The lowest BCUT2D eigenvalue weighted by Gasteiger charge is -2.53. The summed E-state index contributed by atoms with van der Waals surface area (Å²) in [4.78, 5) is 11.6. The number of hydrogen-bond acceptors (Lipinski definition) is 2. The van der Waals surface area contributed by atoms with Crippen molar-refractivity contribution < 1.29 is 14.0 Å². The van der Waals surface area contributed by atoms with Gasteiger partial charge in [-0.05, 0) is 39.5 Å². The Hall–Kier alpha value is -0.830. The first kappa shape index (κ1) is 14.6. The standard InChI is InChI=1S/C16H28NO2/c1-4-17-10-6-5-9-15(17)14(8-7-11-17)12-19-16(18)13(2)3/h14-15H,2,4-12H2,1,3H3/q+1/t14-,15+,17-/m1/s1. The Kier molecular flexibility index (Phi) is 4.67. The van der Waals surface area contributed by atoms with Gasteiger partial charge in [0.1, 0.15) is 6.61 Å². The molecule has 0 saturated carbocycles. The van der Waals surface area contributed by atoms with E-state index in [1.165, 1.54) is 56.2 Å². The summed E-state index contributed by atoms with van der Waals surface area (Å²) in [5, 5.41) is 0. The van der Waals surface area contributed by atoms with Gasteiger partial charge >= 0.3 is 5.97 Å². The SMILES string of the molecule is C=C(C)C(=O)OC[C@H]1CCC[N@@+]2(CC)CCCC[C@@H]12. The third-order valence-electron chi connectivity index (χ3n) is 5.19. The van der Waals surface area contributed by atoms with E-state index < -0.39 is 0 Å². The molecule has 2 rings (SSSR count). The molecule has 2 heterocycles. The Morgan fingerprint density at radius 1 is 1.26 bits per heavy atom. The molecule has 0 aliphatic carbocycles. The number of fused-ring (bicyclic) bond motifs is 1. The second-order valence-corrected chi connectivity index (χ2v) is 6.33. The van der Waals surface area contributed by atoms with Crippen molar-refractivity contribution in [3.05, 3.63) is 12.2 Å². The molecule has 2 aliphatic rings. The van der Waals surface area contributed by atoms with Gasteiger partial charge in [-0.3, -0.25) is 0 Å². The predicted octanol–water partition coefficient (Wildman–Crippen LogP) is 2.90. The monoisotopic (exact) mass is 266 g/mol. The molecule has 0 unspecified atom stereocenters. The molecule has 0 amide bonds. The number of quaternary nitrogens is 1. The summed E-state index contributed by atoms with van der Waals surface area (Å²) in [5.41, 5.74) is 0.510. The van der Waals surface area contributed by atoms with Gasteiger partial charge in [-0.15, -0.1) is 0 Å². The molecular weight excluding hydrogens is 238 g/mol. The van der Waals surface area contributed by atoms with Crippen molar-refractivity contribution in [2.24, 2.45) is 5.92 Å². The van der Waals surface area contributed by atoms with Crippen LogP contribution in [0.4, 0.5) is 0 Å². The van der Waals surface area contributed by atoms with Crippen molar-refractivity contribution in [3.8, 4) is 0 Å². The molecule has 19 heavy (non-hydrogen) atoms. The van der Waals surface area contributed by atoms with Gasteiger partial charge in [0, 0.05) is 17.9 Å². The summed E-state index contributed by atoms with van der Waals surface area (Å²) in [7, 11) is 0. The van der Waals surface area contributed by atoms with Gasteiger partial charge in [0.15, 0.2) is 0 Å². The van der Waals surface area contributed by atoms with Crippen LogP contribution in [0.2, 0.25) is 0 Å². The first-order valence-electron chi connectivity index (χ1n) is 7.77. The smallest absolute Gasteiger partial charge is 0.333 e. The molecule has 108 valence electrons. The second kappa shape index (κ2) is 6.08. The molecule has 0 aromatic heterocycles. The van der Waals surface area contributed by atoms with Crippen LogP contribution in [0.3, 0.4) is 0 Å². The third kappa shape index (κ3) is 3.02. The Morgan fingerprint density at radius 3 is 2.68 bits per heavy atom. The van der Waals surface area contributed by atoms with Crippen LogP contribution in [0.15, 0.2) is 12.2 Å². The average molecular weight is 266 g/mol. The fourth-order valence-corrected chi connectivity index (χ4v) is 4.09. The highest BCUT2D eigenvalue weighted by atomic mass is 16.5. The number of piperidine rings is 2. The molecule has 0 spiro atoms. The van der Waals surface area contributed by atoms with E-state index in [1.807, 2.05) is 0 Å². The van der Waals surface area contributed by atoms with Crippen molar-refractivity contribution in [3.63, 3.8) is 0 Å². The number of carbonyl (C=O) groups excluding carboxylic acids is 1. The largest absolute Gasteiger partial charge is 0.462 e. The topological polar surface area (TPSA) is 26.3 Å². The fraction of sp³-hybridized carbons (Fsp3) is 0.812. The molecular formula is C16H28NO2+. The van der Waals surface area contributed by atoms with Crippen LogP contribution in [0, 0.1) is 5.92 Å². The summed E-state index contributed by atoms with van der Waals surface area (Å²) in [6.45, 7) is 12.2. The molecule has 0 bridgehead atoms. The van der Waals surface area contributed by atoms with Crippen LogP contribution in [-0.2, 0) is 9.53 Å². The first-order valence-corrected chi connectivity index (χ1v) is 7.77. The summed E-state index contributed by atoms with van der Waals surface area (Å²) >= 11 is 0. The van der Waals surface area contributed by atoms with Gasteiger partial charge in [0.05, 0.1) is 25.7 Å². The molecule has 0 N–H and O–H groups in total. The van der Waals surface area contributed by atoms with Crippen LogP contribution in [0.5, 0.6) is 0 Å². The fourth-order valence-electron chi connectivity index (χ4n) is 4.09. The normalized spacial score (nSPS) is 34.4. The average Bonchev–Trinajstić information content (AvgIpc) is 2.44. The molecule has 0 radical (unpaired) electrons. The van der Waals surface area contributed by atoms with Crippen molar-refractivity contribution >= 4 is 5.97 Å². The van der Waals surface area contributed by atoms with E-state index in [2.05, 4.69) is 13.5 Å². The van der Waals surface area contributed by atoms with Gasteiger partial charge in [-0.25, -0.2) is 4.79 Å². The zero-order valence-corrected chi connectivity index (χ0v) is 12.5. The first-order chi connectivity index (χ1) is 9.09. The predicted molar refractivity (Wildman–Crippen MR) is 76.7 cm³/mol. The quantitative estimate of drug-likeness (QED) is 0.444. The summed E-state index contributed by atoms with van der Waals surface area (Å²) in [5.74, 6) is 0.327. The Bertz CT molecular complexity index is 349. The van der Waals surface area contributed by atoms with Crippen LogP contribution < -0.4 is 0 Å². The van der Waals surface area contributed by atoms with Crippen molar-refractivity contribution in [1.82, 2.24) is 0 Å². The van der Waals surface area contributed by atoms with Crippen LogP contribution in [0.25, 0.3) is 0 Å². The number of esters is 1. The maximum Gasteiger partial charge on any atom is 0.333 e. The number of rotatable bonds is 4. The lowest BCUT2D eigenvalue weighted by atomic mass is 9.81. The number of ether oxygens (including phenoxy) is 1. The number of hydrogen-bond donors (Lipinski definition) is 0. The minimum absolute atomic E-state index is 0.226. The molecule has 3 atom stereocenters. The zero-order chi connectivity index (χ0) is 13.9. The Labute approximate surface area is 117 Å². The summed E-state index contributed by atoms with van der Waals surface area (Å²) < 4.78 is 6.71. The number of carbonyl (C=O) groups is 1. The highest BCUT2D eigenvalue weighted by Crippen LogP contribution is 2.37. The van der Waals surface area contributed by atoms with E-state index in [0.29, 0.717) is 24.1 Å². The minimum atomic E-state index is -0.226. The molecule has 3 nitrogen and oxygen atoms in total. The van der Waals surface area contributed by atoms with Gasteiger partial charge in [-0.2, -0.15) is 0 Å². The highest BCUT2D eigenvalue weighted by Gasteiger charge is 2.45. The third-order valence-corrected chi connectivity index (χ3v) is 5.19. The molecule has 2 fully saturated rings. The van der Waals surface area contributed by atoms with Gasteiger partial charge in [0.25, 0.3) is 0 Å². The van der Waals surface area contributed by atoms with E-state index in [9.17, 15) is 4.79 Å². The van der Waals surface area contributed by atoms with Gasteiger partial charge < -0.3 is 9.22 Å².